The number of para-hydroxylation sites is 1. The smallest absolute Gasteiger partial charge is 0.0364 e. The van der Waals surface area contributed by atoms with E-state index < -0.39 is 0 Å². The molecule has 1 fully saturated rings. The molecule has 1 aliphatic carbocycles. The van der Waals surface area contributed by atoms with E-state index in [9.17, 15) is 0 Å². The molecule has 1 saturated carbocycles. The van der Waals surface area contributed by atoms with Gasteiger partial charge in [-0.2, -0.15) is 0 Å². The third kappa shape index (κ3) is 2.76. The van der Waals surface area contributed by atoms with Gasteiger partial charge in [0.05, 0.1) is 0 Å². The maximum Gasteiger partial charge on any atom is 0.0364 e. The number of hydrogen-bond donors (Lipinski definition) is 1. The van der Waals surface area contributed by atoms with E-state index in [1.807, 2.05) is 6.07 Å². The van der Waals surface area contributed by atoms with E-state index >= 15 is 0 Å². The van der Waals surface area contributed by atoms with Crippen LogP contribution in [-0.4, -0.2) is 19.6 Å². The van der Waals surface area contributed by atoms with Crippen molar-refractivity contribution in [2.45, 2.75) is 31.7 Å². The van der Waals surface area contributed by atoms with Crippen LogP contribution < -0.4 is 10.6 Å². The van der Waals surface area contributed by atoms with Crippen LogP contribution in [0.25, 0.3) is 0 Å². The zero-order valence-corrected chi connectivity index (χ0v) is 10.1. The standard InChI is InChI=1S/C14H22N2/c1-16(13-9-3-2-4-10-13)11-14(15)12-7-5-6-8-12/h2-4,9-10,12,14H,5-8,11,15H2,1H3. The van der Waals surface area contributed by atoms with E-state index in [2.05, 4.69) is 36.2 Å². The van der Waals surface area contributed by atoms with Crippen LogP contribution >= 0.6 is 0 Å². The highest BCUT2D eigenvalue weighted by Crippen LogP contribution is 2.27. The number of nitrogens with two attached hydrogens (primary N) is 1. The first-order valence-electron chi connectivity index (χ1n) is 6.29. The van der Waals surface area contributed by atoms with Crippen molar-refractivity contribution in [2.75, 3.05) is 18.5 Å². The number of likely N-dealkylation sites (N-methyl/N-ethyl adjacent to an activating group) is 1. The third-order valence-corrected chi connectivity index (χ3v) is 3.69. The molecule has 1 aromatic carbocycles. The van der Waals surface area contributed by atoms with Crippen LogP contribution in [0.5, 0.6) is 0 Å². The predicted octanol–water partition coefficient (Wildman–Crippen LogP) is 2.64. The highest BCUT2D eigenvalue weighted by Gasteiger charge is 2.22. The van der Waals surface area contributed by atoms with E-state index in [1.165, 1.54) is 31.4 Å². The molecule has 1 unspecified atom stereocenters. The van der Waals surface area contributed by atoms with Gasteiger partial charge < -0.3 is 10.6 Å². The van der Waals surface area contributed by atoms with Crippen molar-refractivity contribution < 1.29 is 0 Å². The average molecular weight is 218 g/mol. The Hall–Kier alpha value is -1.02. The third-order valence-electron chi connectivity index (χ3n) is 3.69. The summed E-state index contributed by atoms with van der Waals surface area (Å²) in [6.07, 6.45) is 5.38. The second-order valence-electron chi connectivity index (χ2n) is 4.92. The van der Waals surface area contributed by atoms with Crippen LogP contribution in [0.1, 0.15) is 25.7 Å². The van der Waals surface area contributed by atoms with Gasteiger partial charge in [-0.05, 0) is 30.9 Å². The maximum absolute atomic E-state index is 6.28. The van der Waals surface area contributed by atoms with Crippen molar-refractivity contribution in [3.8, 4) is 0 Å². The number of rotatable bonds is 4. The SMILES string of the molecule is CN(CC(N)C1CCCC1)c1ccccc1. The minimum absolute atomic E-state index is 0.327. The van der Waals surface area contributed by atoms with Crippen LogP contribution in [0.15, 0.2) is 30.3 Å². The number of hydrogen-bond acceptors (Lipinski definition) is 2. The van der Waals surface area contributed by atoms with Crippen molar-refractivity contribution in [1.82, 2.24) is 0 Å². The first-order valence-corrected chi connectivity index (χ1v) is 6.29. The van der Waals surface area contributed by atoms with Crippen LogP contribution in [0, 0.1) is 5.92 Å². The van der Waals surface area contributed by atoms with Gasteiger partial charge in [0.25, 0.3) is 0 Å². The second-order valence-corrected chi connectivity index (χ2v) is 4.92. The van der Waals surface area contributed by atoms with Crippen LogP contribution in [-0.2, 0) is 0 Å². The van der Waals surface area contributed by atoms with Crippen molar-refractivity contribution >= 4 is 5.69 Å². The fraction of sp³-hybridized carbons (Fsp3) is 0.571. The Morgan fingerprint density at radius 1 is 1.25 bits per heavy atom. The molecule has 2 heteroatoms. The first-order chi connectivity index (χ1) is 7.77. The summed E-state index contributed by atoms with van der Waals surface area (Å²) in [5.74, 6) is 0.742. The van der Waals surface area contributed by atoms with Crippen molar-refractivity contribution in [1.29, 1.82) is 0 Å². The molecule has 88 valence electrons. The van der Waals surface area contributed by atoms with E-state index in [-0.39, 0.29) is 0 Å². The molecular weight excluding hydrogens is 196 g/mol. The van der Waals surface area contributed by atoms with Gasteiger partial charge >= 0.3 is 0 Å². The number of nitrogens with zero attached hydrogens (tertiary/aromatic N) is 1. The summed E-state index contributed by atoms with van der Waals surface area (Å²) in [5, 5.41) is 0. The van der Waals surface area contributed by atoms with Gasteiger partial charge in [0.2, 0.25) is 0 Å². The fourth-order valence-electron chi connectivity index (χ4n) is 2.64. The van der Waals surface area contributed by atoms with Crippen molar-refractivity contribution in [2.24, 2.45) is 11.7 Å². The lowest BCUT2D eigenvalue weighted by molar-refractivity contribution is 0.433. The summed E-state index contributed by atoms with van der Waals surface area (Å²) in [5.41, 5.74) is 7.54. The fourth-order valence-corrected chi connectivity index (χ4v) is 2.64. The molecule has 0 bridgehead atoms. The zero-order chi connectivity index (χ0) is 11.4. The van der Waals surface area contributed by atoms with Gasteiger partial charge in [-0.3, -0.25) is 0 Å². The lowest BCUT2D eigenvalue weighted by Crippen LogP contribution is -2.40. The van der Waals surface area contributed by atoms with Gasteiger partial charge in [-0.15, -0.1) is 0 Å². The predicted molar refractivity (Wildman–Crippen MR) is 69.6 cm³/mol. The zero-order valence-electron chi connectivity index (χ0n) is 10.1. The summed E-state index contributed by atoms with van der Waals surface area (Å²) in [4.78, 5) is 2.27. The minimum atomic E-state index is 0.327. The summed E-state index contributed by atoms with van der Waals surface area (Å²) in [6.45, 7) is 0.967. The Morgan fingerprint density at radius 2 is 1.88 bits per heavy atom. The molecule has 1 aliphatic rings. The molecular formula is C14H22N2. The molecule has 0 radical (unpaired) electrons. The minimum Gasteiger partial charge on any atom is -0.373 e. The van der Waals surface area contributed by atoms with E-state index in [1.54, 1.807) is 0 Å². The summed E-state index contributed by atoms with van der Waals surface area (Å²) in [7, 11) is 2.13. The molecule has 2 rings (SSSR count). The largest absolute Gasteiger partial charge is 0.373 e. The molecule has 0 aromatic heterocycles. The lowest BCUT2D eigenvalue weighted by Gasteiger charge is -2.26. The maximum atomic E-state index is 6.28. The van der Waals surface area contributed by atoms with E-state index in [4.69, 9.17) is 5.73 Å². The molecule has 0 heterocycles. The molecule has 0 spiro atoms. The highest BCUT2D eigenvalue weighted by atomic mass is 15.1. The van der Waals surface area contributed by atoms with Gasteiger partial charge in [-0.25, -0.2) is 0 Å². The summed E-state index contributed by atoms with van der Waals surface area (Å²) in [6, 6.07) is 10.8. The first kappa shape index (κ1) is 11.5. The van der Waals surface area contributed by atoms with Crippen molar-refractivity contribution in [3.63, 3.8) is 0 Å². The molecule has 1 atom stereocenters. The normalized spacial score (nSPS) is 18.6. The lowest BCUT2D eigenvalue weighted by atomic mass is 9.98. The van der Waals surface area contributed by atoms with Crippen LogP contribution in [0.3, 0.4) is 0 Å². The van der Waals surface area contributed by atoms with Gasteiger partial charge in [0.15, 0.2) is 0 Å². The monoisotopic (exact) mass is 218 g/mol. The molecule has 0 amide bonds. The second kappa shape index (κ2) is 5.35. The number of anilines is 1. The van der Waals surface area contributed by atoms with Crippen LogP contribution in [0.4, 0.5) is 5.69 Å². The molecule has 1 aromatic rings. The van der Waals surface area contributed by atoms with Crippen LogP contribution in [0.2, 0.25) is 0 Å². The van der Waals surface area contributed by atoms with Gasteiger partial charge in [0.1, 0.15) is 0 Å². The van der Waals surface area contributed by atoms with Gasteiger partial charge in [-0.1, -0.05) is 31.0 Å². The van der Waals surface area contributed by atoms with Gasteiger partial charge in [0, 0.05) is 25.3 Å². The summed E-state index contributed by atoms with van der Waals surface area (Å²) >= 11 is 0. The Balaban J connectivity index is 1.89. The molecule has 2 N–H and O–H groups in total. The van der Waals surface area contributed by atoms with Crippen molar-refractivity contribution in [3.05, 3.63) is 30.3 Å². The molecule has 0 saturated heterocycles. The number of benzene rings is 1. The highest BCUT2D eigenvalue weighted by molar-refractivity contribution is 5.45. The average Bonchev–Trinajstić information content (AvgIpc) is 2.83. The Kier molecular flexibility index (Phi) is 3.83. The molecule has 2 nitrogen and oxygen atoms in total. The van der Waals surface area contributed by atoms with E-state index in [0.29, 0.717) is 6.04 Å². The summed E-state index contributed by atoms with van der Waals surface area (Å²) < 4.78 is 0. The topological polar surface area (TPSA) is 29.3 Å². The Bertz CT molecular complexity index is 304. The Labute approximate surface area is 98.4 Å². The van der Waals surface area contributed by atoms with E-state index in [0.717, 1.165) is 12.5 Å². The quantitative estimate of drug-likeness (QED) is 0.842. The molecule has 0 aliphatic heterocycles. The molecule has 16 heavy (non-hydrogen) atoms. The Morgan fingerprint density at radius 3 is 2.50 bits per heavy atom.